The molecule has 0 aromatic heterocycles. The summed E-state index contributed by atoms with van der Waals surface area (Å²) in [4.78, 5) is 52.8. The van der Waals surface area contributed by atoms with Gasteiger partial charge in [0.15, 0.2) is 0 Å². The van der Waals surface area contributed by atoms with E-state index >= 15 is 0 Å². The predicted molar refractivity (Wildman–Crippen MR) is 142 cm³/mol. The van der Waals surface area contributed by atoms with Crippen LogP contribution in [0.5, 0.6) is 0 Å². The first kappa shape index (κ1) is 29.1. The molecular formula is C28H36N4O5. The second-order valence-electron chi connectivity index (χ2n) is 9.47. The second-order valence-corrected chi connectivity index (χ2v) is 9.47. The minimum absolute atomic E-state index is 0.117. The highest BCUT2D eigenvalue weighted by Crippen LogP contribution is 2.24. The molecule has 0 saturated heterocycles. The van der Waals surface area contributed by atoms with Crippen molar-refractivity contribution in [2.75, 3.05) is 6.54 Å². The first-order valence-corrected chi connectivity index (χ1v) is 12.1. The fraction of sp³-hybridized carbons (Fsp3) is 0.357. The van der Waals surface area contributed by atoms with Gasteiger partial charge in [0, 0.05) is 13.1 Å². The minimum Gasteiger partial charge on any atom is -0.444 e. The van der Waals surface area contributed by atoms with E-state index in [-0.39, 0.29) is 13.1 Å². The van der Waals surface area contributed by atoms with Crippen LogP contribution in [0.4, 0.5) is 4.79 Å². The average Bonchev–Trinajstić information content (AvgIpc) is 2.84. The van der Waals surface area contributed by atoms with Crippen LogP contribution in [0, 0.1) is 0 Å². The lowest BCUT2D eigenvalue weighted by Crippen LogP contribution is -2.54. The summed E-state index contributed by atoms with van der Waals surface area (Å²) in [5, 5.41) is 5.34. The Hall–Kier alpha value is -4.14. The first-order valence-electron chi connectivity index (χ1n) is 12.1. The van der Waals surface area contributed by atoms with E-state index in [1.807, 2.05) is 36.4 Å². The molecule has 0 aliphatic rings. The quantitative estimate of drug-likeness (QED) is 0.429. The SMILES string of the molecule is C=Cc1cccc(C(C(=O)NCc2ccccc2)N(CC)C(=O)C(CC(N)=O)NC(=O)OC(C)(C)C)c1. The molecule has 0 aliphatic carbocycles. The lowest BCUT2D eigenvalue weighted by Gasteiger charge is -2.33. The van der Waals surface area contributed by atoms with Gasteiger partial charge in [-0.2, -0.15) is 0 Å². The van der Waals surface area contributed by atoms with Crippen molar-refractivity contribution < 1.29 is 23.9 Å². The molecule has 198 valence electrons. The second kappa shape index (κ2) is 13.2. The summed E-state index contributed by atoms with van der Waals surface area (Å²) >= 11 is 0. The van der Waals surface area contributed by atoms with Gasteiger partial charge in [0.1, 0.15) is 17.7 Å². The van der Waals surface area contributed by atoms with E-state index in [0.717, 1.165) is 11.1 Å². The maximum absolute atomic E-state index is 13.7. The number of carbonyl (C=O) groups is 4. The number of rotatable bonds is 11. The van der Waals surface area contributed by atoms with Gasteiger partial charge in [0.2, 0.25) is 17.7 Å². The zero-order valence-electron chi connectivity index (χ0n) is 21.8. The molecular weight excluding hydrogens is 472 g/mol. The number of alkyl carbamates (subject to hydrolysis) is 1. The van der Waals surface area contributed by atoms with E-state index in [4.69, 9.17) is 10.5 Å². The standard InChI is InChI=1S/C28H36N4O5/c1-6-19-14-11-15-21(16-19)24(25(34)30-18-20-12-9-8-10-13-20)32(7-2)26(35)22(17-23(29)33)31-27(36)37-28(3,4)5/h6,8-16,22,24H,1,7,17-18H2,2-5H3,(H2,29,33)(H,30,34)(H,31,36). The number of benzene rings is 2. The molecule has 2 rings (SSSR count). The van der Waals surface area contributed by atoms with Crippen molar-refractivity contribution in [3.63, 3.8) is 0 Å². The summed E-state index contributed by atoms with van der Waals surface area (Å²) in [6.45, 7) is 10.9. The molecule has 0 aliphatic heterocycles. The van der Waals surface area contributed by atoms with Crippen molar-refractivity contribution in [1.29, 1.82) is 0 Å². The smallest absolute Gasteiger partial charge is 0.408 e. The highest BCUT2D eigenvalue weighted by atomic mass is 16.6. The van der Waals surface area contributed by atoms with Crippen LogP contribution in [0.15, 0.2) is 61.2 Å². The molecule has 9 heteroatoms. The van der Waals surface area contributed by atoms with E-state index in [2.05, 4.69) is 17.2 Å². The third-order valence-electron chi connectivity index (χ3n) is 5.35. The number of likely N-dealkylation sites (N-methyl/N-ethyl adjacent to an activating group) is 1. The Bertz CT molecular complexity index is 1110. The van der Waals surface area contributed by atoms with E-state index in [1.165, 1.54) is 4.90 Å². The molecule has 2 unspecified atom stereocenters. The van der Waals surface area contributed by atoms with E-state index in [1.54, 1.807) is 52.0 Å². The Kier molecular flexibility index (Phi) is 10.4. The monoisotopic (exact) mass is 508 g/mol. The first-order chi connectivity index (χ1) is 17.4. The number of hydrogen-bond acceptors (Lipinski definition) is 5. The lowest BCUT2D eigenvalue weighted by atomic mass is 10.00. The number of hydrogen-bond donors (Lipinski definition) is 3. The van der Waals surface area contributed by atoms with Crippen LogP contribution in [-0.2, 0) is 25.7 Å². The number of nitrogens with one attached hydrogen (secondary N) is 2. The molecule has 0 heterocycles. The number of amides is 4. The predicted octanol–water partition coefficient (Wildman–Crippen LogP) is 3.30. The van der Waals surface area contributed by atoms with Gasteiger partial charge in [-0.15, -0.1) is 0 Å². The van der Waals surface area contributed by atoms with E-state index in [0.29, 0.717) is 5.56 Å². The van der Waals surface area contributed by atoms with Gasteiger partial charge in [-0.3, -0.25) is 14.4 Å². The lowest BCUT2D eigenvalue weighted by molar-refractivity contribution is -0.143. The Morgan fingerprint density at radius 2 is 1.76 bits per heavy atom. The summed E-state index contributed by atoms with van der Waals surface area (Å²) in [7, 11) is 0. The Balaban J connectivity index is 2.42. The molecule has 0 bridgehead atoms. The molecule has 2 aromatic rings. The van der Waals surface area contributed by atoms with Gasteiger partial charge in [-0.05, 0) is 50.5 Å². The zero-order chi connectivity index (χ0) is 27.6. The van der Waals surface area contributed by atoms with Crippen molar-refractivity contribution in [2.24, 2.45) is 5.73 Å². The summed E-state index contributed by atoms with van der Waals surface area (Å²) in [6.07, 6.45) is 0.307. The van der Waals surface area contributed by atoms with Crippen molar-refractivity contribution in [3.05, 3.63) is 77.9 Å². The third kappa shape index (κ3) is 9.10. The van der Waals surface area contributed by atoms with Gasteiger partial charge in [0.05, 0.1) is 6.42 Å². The maximum atomic E-state index is 13.7. The maximum Gasteiger partial charge on any atom is 0.408 e. The number of primary amides is 1. The zero-order valence-corrected chi connectivity index (χ0v) is 21.8. The van der Waals surface area contributed by atoms with Crippen molar-refractivity contribution in [1.82, 2.24) is 15.5 Å². The summed E-state index contributed by atoms with van der Waals surface area (Å²) in [6, 6.07) is 14.1. The molecule has 2 atom stereocenters. The van der Waals surface area contributed by atoms with Crippen LogP contribution in [0.2, 0.25) is 0 Å². The summed E-state index contributed by atoms with van der Waals surface area (Å²) in [5.74, 6) is -1.85. The Morgan fingerprint density at radius 1 is 1.08 bits per heavy atom. The van der Waals surface area contributed by atoms with Gasteiger partial charge in [0.25, 0.3) is 0 Å². The van der Waals surface area contributed by atoms with Crippen molar-refractivity contribution >= 4 is 29.9 Å². The molecule has 0 fully saturated rings. The fourth-order valence-corrected chi connectivity index (χ4v) is 3.73. The van der Waals surface area contributed by atoms with Crippen LogP contribution in [0.25, 0.3) is 6.08 Å². The van der Waals surface area contributed by atoms with Crippen LogP contribution >= 0.6 is 0 Å². The normalized spacial score (nSPS) is 12.5. The van der Waals surface area contributed by atoms with Gasteiger partial charge in [-0.25, -0.2) is 4.79 Å². The number of nitrogens with zero attached hydrogens (tertiary/aromatic N) is 1. The van der Waals surface area contributed by atoms with Crippen molar-refractivity contribution in [3.8, 4) is 0 Å². The largest absolute Gasteiger partial charge is 0.444 e. The third-order valence-corrected chi connectivity index (χ3v) is 5.35. The van der Waals surface area contributed by atoms with Crippen LogP contribution in [0.3, 0.4) is 0 Å². The minimum atomic E-state index is -1.32. The molecule has 2 aromatic carbocycles. The highest BCUT2D eigenvalue weighted by molar-refractivity contribution is 5.94. The number of carbonyl (C=O) groups excluding carboxylic acids is 4. The van der Waals surface area contributed by atoms with Crippen LogP contribution in [-0.4, -0.2) is 46.9 Å². The molecule has 4 N–H and O–H groups in total. The fourth-order valence-electron chi connectivity index (χ4n) is 3.73. The molecule has 37 heavy (non-hydrogen) atoms. The highest BCUT2D eigenvalue weighted by Gasteiger charge is 2.36. The molecule has 0 saturated carbocycles. The molecule has 0 radical (unpaired) electrons. The summed E-state index contributed by atoms with van der Waals surface area (Å²) in [5.41, 5.74) is 6.77. The summed E-state index contributed by atoms with van der Waals surface area (Å²) < 4.78 is 5.26. The number of ether oxygens (including phenoxy) is 1. The van der Waals surface area contributed by atoms with Gasteiger partial charge < -0.3 is 26.0 Å². The topological polar surface area (TPSA) is 131 Å². The molecule has 9 nitrogen and oxygen atoms in total. The van der Waals surface area contributed by atoms with E-state index in [9.17, 15) is 19.2 Å². The number of nitrogens with two attached hydrogens (primary N) is 1. The van der Waals surface area contributed by atoms with Gasteiger partial charge >= 0.3 is 6.09 Å². The molecule has 4 amide bonds. The van der Waals surface area contributed by atoms with Crippen LogP contribution in [0.1, 0.15) is 56.8 Å². The van der Waals surface area contributed by atoms with Crippen molar-refractivity contribution in [2.45, 2.75) is 58.3 Å². The Morgan fingerprint density at radius 3 is 2.32 bits per heavy atom. The van der Waals surface area contributed by atoms with Gasteiger partial charge in [-0.1, -0.05) is 61.2 Å². The van der Waals surface area contributed by atoms with Crippen LogP contribution < -0.4 is 16.4 Å². The molecule has 0 spiro atoms. The average molecular weight is 509 g/mol. The van der Waals surface area contributed by atoms with E-state index < -0.39 is 47.9 Å². The Labute approximate surface area is 218 Å².